The molecule has 0 aliphatic rings. The Kier molecular flexibility index (Phi) is 8.84. The number of hydrogen-bond acceptors (Lipinski definition) is 4. The van der Waals surface area contributed by atoms with Crippen LogP contribution in [0.1, 0.15) is 62.1 Å². The monoisotopic (exact) mass is 372 g/mol. The molecule has 0 radical (unpaired) electrons. The Balaban J connectivity index is 1.93. The number of nitrogens with one attached hydrogen (secondary N) is 2. The van der Waals surface area contributed by atoms with Crippen molar-refractivity contribution in [3.05, 3.63) is 52.9 Å². The van der Waals surface area contributed by atoms with Crippen LogP contribution >= 0.6 is 0 Å². The highest BCUT2D eigenvalue weighted by atomic mass is 16.5. The Morgan fingerprint density at radius 3 is 2.44 bits per heavy atom. The minimum Gasteiger partial charge on any atom is -0.380 e. The number of aromatic nitrogens is 1. The van der Waals surface area contributed by atoms with Gasteiger partial charge in [0, 0.05) is 25.6 Å². The maximum Gasteiger partial charge on any atom is 0.191 e. The first-order chi connectivity index (χ1) is 13.2. The van der Waals surface area contributed by atoms with Crippen LogP contribution in [0.4, 0.5) is 0 Å². The smallest absolute Gasteiger partial charge is 0.191 e. The minimum absolute atomic E-state index is 0.463. The van der Waals surface area contributed by atoms with E-state index in [1.807, 2.05) is 6.07 Å². The van der Waals surface area contributed by atoms with E-state index in [0.717, 1.165) is 47.9 Å². The molecule has 0 aliphatic heterocycles. The van der Waals surface area contributed by atoms with Gasteiger partial charge < -0.3 is 19.9 Å². The summed E-state index contributed by atoms with van der Waals surface area (Å²) in [4.78, 5) is 4.65. The van der Waals surface area contributed by atoms with Crippen molar-refractivity contribution in [2.75, 3.05) is 13.7 Å². The second-order valence-electron chi connectivity index (χ2n) is 6.53. The van der Waals surface area contributed by atoms with Gasteiger partial charge in [0.05, 0.1) is 25.4 Å². The molecule has 2 N–H and O–H groups in total. The molecule has 0 amide bonds. The van der Waals surface area contributed by atoms with Gasteiger partial charge in [-0.3, -0.25) is 0 Å². The summed E-state index contributed by atoms with van der Waals surface area (Å²) in [6.45, 7) is 9.01. The number of nitrogens with zero attached hydrogens (tertiary/aromatic N) is 2. The van der Waals surface area contributed by atoms with Crippen molar-refractivity contribution in [3.8, 4) is 0 Å². The van der Waals surface area contributed by atoms with Gasteiger partial charge in [-0.25, -0.2) is 4.99 Å². The topological polar surface area (TPSA) is 71.7 Å². The predicted molar refractivity (Wildman–Crippen MR) is 109 cm³/mol. The Morgan fingerprint density at radius 1 is 1.11 bits per heavy atom. The minimum atomic E-state index is 0.463. The Hall–Kier alpha value is -2.34. The van der Waals surface area contributed by atoms with Crippen molar-refractivity contribution >= 4 is 5.96 Å². The van der Waals surface area contributed by atoms with Gasteiger partial charge in [-0.2, -0.15) is 0 Å². The van der Waals surface area contributed by atoms with Gasteiger partial charge in [-0.1, -0.05) is 43.3 Å². The lowest BCUT2D eigenvalue weighted by atomic mass is 9.99. The maximum absolute atomic E-state index is 5.47. The molecule has 0 fully saturated rings. The standard InChI is InChI=1S/C21H32N4O2/c1-5-18(6-2)20-12-19(27-25-20)14-24-21(22-7-3)23-13-16-8-10-17(11-9-16)15-26-4/h8-12,18H,5-7,13-15H2,1-4H3,(H2,22,23,24). The number of aliphatic imine (C=N–C) groups is 1. The quantitative estimate of drug-likeness (QED) is 0.487. The summed E-state index contributed by atoms with van der Waals surface area (Å²) in [7, 11) is 1.70. The van der Waals surface area contributed by atoms with E-state index in [9.17, 15) is 0 Å². The van der Waals surface area contributed by atoms with E-state index in [4.69, 9.17) is 9.26 Å². The van der Waals surface area contributed by atoms with Gasteiger partial charge >= 0.3 is 0 Å². The highest BCUT2D eigenvalue weighted by Crippen LogP contribution is 2.22. The lowest BCUT2D eigenvalue weighted by molar-refractivity contribution is 0.185. The zero-order valence-electron chi connectivity index (χ0n) is 16.9. The molecule has 2 aromatic rings. The third-order valence-electron chi connectivity index (χ3n) is 4.51. The molecule has 1 aromatic carbocycles. The van der Waals surface area contributed by atoms with Crippen molar-refractivity contribution in [3.63, 3.8) is 0 Å². The summed E-state index contributed by atoms with van der Waals surface area (Å²) in [5, 5.41) is 10.8. The van der Waals surface area contributed by atoms with Crippen molar-refractivity contribution in [2.24, 2.45) is 4.99 Å². The third kappa shape index (κ3) is 6.71. The van der Waals surface area contributed by atoms with Crippen LogP contribution in [0.2, 0.25) is 0 Å². The van der Waals surface area contributed by atoms with Crippen molar-refractivity contribution in [1.82, 2.24) is 15.8 Å². The number of guanidine groups is 1. The molecule has 2 rings (SSSR count). The fourth-order valence-corrected chi connectivity index (χ4v) is 2.90. The first-order valence-corrected chi connectivity index (χ1v) is 9.74. The number of rotatable bonds is 10. The predicted octanol–water partition coefficient (Wildman–Crippen LogP) is 3.98. The molecule has 0 saturated heterocycles. The molecule has 1 aromatic heterocycles. The Bertz CT molecular complexity index is 690. The first kappa shape index (κ1) is 21.0. The van der Waals surface area contributed by atoms with E-state index in [2.05, 4.69) is 65.8 Å². The van der Waals surface area contributed by atoms with Gasteiger partial charge in [0.2, 0.25) is 0 Å². The second-order valence-corrected chi connectivity index (χ2v) is 6.53. The molecular formula is C21H32N4O2. The van der Waals surface area contributed by atoms with E-state index in [-0.39, 0.29) is 0 Å². The van der Waals surface area contributed by atoms with E-state index in [0.29, 0.717) is 25.6 Å². The van der Waals surface area contributed by atoms with Gasteiger partial charge in [0.15, 0.2) is 11.7 Å². The molecule has 0 saturated carbocycles. The molecule has 0 spiro atoms. The summed E-state index contributed by atoms with van der Waals surface area (Å²) >= 11 is 0. The average molecular weight is 373 g/mol. The van der Waals surface area contributed by atoms with Crippen LogP contribution in [0.5, 0.6) is 0 Å². The molecule has 0 atom stereocenters. The van der Waals surface area contributed by atoms with E-state index in [1.165, 1.54) is 0 Å². The SMILES string of the molecule is CCNC(=NCc1ccc(COC)cc1)NCc1cc(C(CC)CC)no1. The Labute approximate surface area is 162 Å². The molecule has 6 nitrogen and oxygen atoms in total. The van der Waals surface area contributed by atoms with Crippen molar-refractivity contribution < 1.29 is 9.26 Å². The molecular weight excluding hydrogens is 340 g/mol. The maximum atomic E-state index is 5.47. The fourth-order valence-electron chi connectivity index (χ4n) is 2.90. The summed E-state index contributed by atoms with van der Waals surface area (Å²) < 4.78 is 10.6. The summed E-state index contributed by atoms with van der Waals surface area (Å²) in [6, 6.07) is 10.4. The van der Waals surface area contributed by atoms with E-state index >= 15 is 0 Å². The average Bonchev–Trinajstić information content (AvgIpc) is 3.15. The highest BCUT2D eigenvalue weighted by molar-refractivity contribution is 5.79. The molecule has 1 heterocycles. The van der Waals surface area contributed by atoms with Crippen LogP contribution in [0.15, 0.2) is 39.8 Å². The van der Waals surface area contributed by atoms with Crippen LogP contribution in [-0.4, -0.2) is 24.8 Å². The lowest BCUT2D eigenvalue weighted by Crippen LogP contribution is -2.36. The van der Waals surface area contributed by atoms with Gasteiger partial charge in [0.1, 0.15) is 0 Å². The Morgan fingerprint density at radius 2 is 1.81 bits per heavy atom. The van der Waals surface area contributed by atoms with Gasteiger partial charge in [-0.05, 0) is 30.9 Å². The summed E-state index contributed by atoms with van der Waals surface area (Å²) in [6.07, 6.45) is 2.15. The second kappa shape index (κ2) is 11.4. The lowest BCUT2D eigenvalue weighted by Gasteiger charge is -2.10. The number of benzene rings is 1. The number of methoxy groups -OCH3 is 1. The third-order valence-corrected chi connectivity index (χ3v) is 4.51. The fraction of sp³-hybridized carbons (Fsp3) is 0.524. The summed E-state index contributed by atoms with van der Waals surface area (Å²) in [5.41, 5.74) is 3.35. The van der Waals surface area contributed by atoms with Crippen LogP contribution in [-0.2, 0) is 24.4 Å². The van der Waals surface area contributed by atoms with Crippen LogP contribution in [0.25, 0.3) is 0 Å². The van der Waals surface area contributed by atoms with Crippen molar-refractivity contribution in [2.45, 2.75) is 59.2 Å². The highest BCUT2D eigenvalue weighted by Gasteiger charge is 2.13. The molecule has 0 bridgehead atoms. The van der Waals surface area contributed by atoms with Crippen LogP contribution < -0.4 is 10.6 Å². The zero-order chi connectivity index (χ0) is 19.5. The summed E-state index contributed by atoms with van der Waals surface area (Å²) in [5.74, 6) is 2.05. The number of hydrogen-bond donors (Lipinski definition) is 2. The van der Waals surface area contributed by atoms with Gasteiger partial charge in [-0.15, -0.1) is 0 Å². The molecule has 0 unspecified atom stereocenters. The van der Waals surface area contributed by atoms with E-state index < -0.39 is 0 Å². The van der Waals surface area contributed by atoms with Crippen LogP contribution in [0.3, 0.4) is 0 Å². The first-order valence-electron chi connectivity index (χ1n) is 9.74. The van der Waals surface area contributed by atoms with Gasteiger partial charge in [0.25, 0.3) is 0 Å². The van der Waals surface area contributed by atoms with E-state index in [1.54, 1.807) is 7.11 Å². The molecule has 0 aliphatic carbocycles. The molecule has 6 heteroatoms. The molecule has 27 heavy (non-hydrogen) atoms. The number of ether oxygens (including phenoxy) is 1. The zero-order valence-corrected chi connectivity index (χ0v) is 16.9. The molecule has 148 valence electrons. The largest absolute Gasteiger partial charge is 0.380 e. The van der Waals surface area contributed by atoms with Crippen LogP contribution in [0, 0.1) is 0 Å². The van der Waals surface area contributed by atoms with Crippen molar-refractivity contribution in [1.29, 1.82) is 0 Å². The normalized spacial score (nSPS) is 11.8.